The summed E-state index contributed by atoms with van der Waals surface area (Å²) in [5.74, 6) is 0. The van der Waals surface area contributed by atoms with Gasteiger partial charge >= 0.3 is 0 Å². The lowest BCUT2D eigenvalue weighted by atomic mass is 10.1. The van der Waals surface area contributed by atoms with Crippen molar-refractivity contribution in [1.29, 1.82) is 0 Å². The molecular formula is C14H19ClOSi. The van der Waals surface area contributed by atoms with Gasteiger partial charge in [0.2, 0.25) is 0 Å². The molecule has 1 aromatic rings. The lowest BCUT2D eigenvalue weighted by molar-refractivity contribution is 0.343. The predicted molar refractivity (Wildman–Crippen MR) is 79.0 cm³/mol. The van der Waals surface area contributed by atoms with E-state index in [9.17, 15) is 0 Å². The Hall–Kier alpha value is -0.833. The number of hydrogen-bond donors (Lipinski definition) is 1. The van der Waals surface area contributed by atoms with E-state index >= 15 is 0 Å². The lowest BCUT2D eigenvalue weighted by Crippen LogP contribution is -2.15. The van der Waals surface area contributed by atoms with Gasteiger partial charge in [0.15, 0.2) is 0 Å². The Labute approximate surface area is 109 Å². The van der Waals surface area contributed by atoms with Crippen LogP contribution in [-0.2, 0) is 0 Å². The summed E-state index contributed by atoms with van der Waals surface area (Å²) in [5.41, 5.74) is 4.40. The van der Waals surface area contributed by atoms with Crippen molar-refractivity contribution < 1.29 is 5.11 Å². The highest BCUT2D eigenvalue weighted by Crippen LogP contribution is 2.19. The Bertz CT molecular complexity index is 413. The number of hydrogen-bond acceptors (Lipinski definition) is 1. The van der Waals surface area contributed by atoms with E-state index in [1.165, 1.54) is 0 Å². The van der Waals surface area contributed by atoms with Gasteiger partial charge in [-0.2, -0.15) is 0 Å². The minimum Gasteiger partial charge on any atom is -0.392 e. The quantitative estimate of drug-likeness (QED) is 0.641. The van der Waals surface area contributed by atoms with Crippen molar-refractivity contribution in [2.75, 3.05) is 6.61 Å². The van der Waals surface area contributed by atoms with Crippen LogP contribution in [0, 0.1) is 0 Å². The van der Waals surface area contributed by atoms with Gasteiger partial charge in [0.25, 0.3) is 0 Å². The molecule has 0 aliphatic carbocycles. The maximum Gasteiger partial charge on any atom is 0.0687 e. The SMILES string of the molecule is C[Si](C)(C)C=CC(=CCO)c1ccc(Cl)cc1. The van der Waals surface area contributed by atoms with E-state index < -0.39 is 8.07 Å². The molecule has 0 amide bonds. The molecule has 0 bridgehead atoms. The normalized spacial score (nSPS) is 13.4. The molecule has 0 unspecified atom stereocenters. The molecule has 0 fully saturated rings. The van der Waals surface area contributed by atoms with Gasteiger partial charge < -0.3 is 5.11 Å². The van der Waals surface area contributed by atoms with Crippen LogP contribution in [0.1, 0.15) is 5.56 Å². The van der Waals surface area contributed by atoms with Crippen LogP contribution in [-0.4, -0.2) is 19.8 Å². The highest BCUT2D eigenvalue weighted by molar-refractivity contribution is 6.81. The molecule has 92 valence electrons. The predicted octanol–water partition coefficient (Wildman–Crippen LogP) is 4.15. The average Bonchev–Trinajstić information content (AvgIpc) is 2.24. The van der Waals surface area contributed by atoms with Crippen LogP contribution in [0.25, 0.3) is 5.57 Å². The fourth-order valence-corrected chi connectivity index (χ4v) is 2.17. The van der Waals surface area contributed by atoms with E-state index in [1.807, 2.05) is 30.3 Å². The largest absolute Gasteiger partial charge is 0.392 e. The van der Waals surface area contributed by atoms with Gasteiger partial charge in [-0.05, 0) is 23.3 Å². The summed E-state index contributed by atoms with van der Waals surface area (Å²) in [7, 11) is -1.22. The van der Waals surface area contributed by atoms with Crippen LogP contribution in [0.15, 0.2) is 42.1 Å². The number of aliphatic hydroxyl groups is 1. The van der Waals surface area contributed by atoms with E-state index in [0.29, 0.717) is 0 Å². The Morgan fingerprint density at radius 2 is 1.82 bits per heavy atom. The molecule has 0 atom stereocenters. The van der Waals surface area contributed by atoms with E-state index in [0.717, 1.165) is 16.2 Å². The van der Waals surface area contributed by atoms with Crippen LogP contribution in [0.4, 0.5) is 0 Å². The second kappa shape index (κ2) is 6.19. The molecule has 0 aromatic heterocycles. The number of aliphatic hydroxyl groups excluding tert-OH is 1. The first-order chi connectivity index (χ1) is 7.92. The molecule has 1 rings (SSSR count). The number of benzene rings is 1. The molecule has 1 N–H and O–H groups in total. The standard InChI is InChI=1S/C14H19ClOSi/c1-17(2,3)11-9-13(8-10-16)12-4-6-14(15)7-5-12/h4-9,11,16H,10H2,1-3H3. The smallest absolute Gasteiger partial charge is 0.0687 e. The molecule has 0 spiro atoms. The van der Waals surface area contributed by atoms with Crippen LogP contribution < -0.4 is 0 Å². The fraction of sp³-hybridized carbons (Fsp3) is 0.286. The zero-order chi connectivity index (χ0) is 12.9. The van der Waals surface area contributed by atoms with Crippen LogP contribution >= 0.6 is 11.6 Å². The van der Waals surface area contributed by atoms with Crippen molar-refractivity contribution in [3.05, 3.63) is 52.7 Å². The van der Waals surface area contributed by atoms with Crippen molar-refractivity contribution in [1.82, 2.24) is 0 Å². The van der Waals surface area contributed by atoms with Crippen molar-refractivity contribution in [3.8, 4) is 0 Å². The maximum absolute atomic E-state index is 9.06. The second-order valence-corrected chi connectivity index (χ2v) is 10.6. The monoisotopic (exact) mass is 266 g/mol. The van der Waals surface area contributed by atoms with Crippen molar-refractivity contribution in [3.63, 3.8) is 0 Å². The highest BCUT2D eigenvalue weighted by atomic mass is 35.5. The Morgan fingerprint density at radius 3 is 2.29 bits per heavy atom. The summed E-state index contributed by atoms with van der Waals surface area (Å²) in [6.45, 7) is 6.89. The molecule has 1 aromatic carbocycles. The van der Waals surface area contributed by atoms with Crippen LogP contribution in [0.5, 0.6) is 0 Å². The van der Waals surface area contributed by atoms with Gasteiger partial charge in [-0.3, -0.25) is 0 Å². The Balaban J connectivity index is 2.99. The lowest BCUT2D eigenvalue weighted by Gasteiger charge is -2.10. The second-order valence-electron chi connectivity index (χ2n) is 5.05. The molecule has 0 aliphatic rings. The fourth-order valence-electron chi connectivity index (χ4n) is 1.36. The van der Waals surface area contributed by atoms with Crippen LogP contribution in [0.2, 0.25) is 24.7 Å². The highest BCUT2D eigenvalue weighted by Gasteiger charge is 2.07. The summed E-state index contributed by atoms with van der Waals surface area (Å²) < 4.78 is 0. The van der Waals surface area contributed by atoms with E-state index in [4.69, 9.17) is 16.7 Å². The van der Waals surface area contributed by atoms with E-state index in [2.05, 4.69) is 31.4 Å². The molecule has 3 heteroatoms. The average molecular weight is 267 g/mol. The molecule has 17 heavy (non-hydrogen) atoms. The van der Waals surface area contributed by atoms with E-state index in [-0.39, 0.29) is 6.61 Å². The van der Waals surface area contributed by atoms with Gasteiger partial charge in [0.1, 0.15) is 0 Å². The first-order valence-electron chi connectivity index (χ1n) is 5.68. The third-order valence-electron chi connectivity index (χ3n) is 2.25. The zero-order valence-corrected chi connectivity index (χ0v) is 12.3. The minimum atomic E-state index is -1.22. The minimum absolute atomic E-state index is 0.0496. The third kappa shape index (κ3) is 5.35. The Kier molecular flexibility index (Phi) is 5.19. The van der Waals surface area contributed by atoms with Gasteiger partial charge in [0.05, 0.1) is 14.7 Å². The zero-order valence-electron chi connectivity index (χ0n) is 10.6. The van der Waals surface area contributed by atoms with Crippen molar-refractivity contribution in [2.24, 2.45) is 0 Å². The Morgan fingerprint density at radius 1 is 1.24 bits per heavy atom. The summed E-state index contributed by atoms with van der Waals surface area (Å²) in [6.07, 6.45) is 3.92. The molecule has 0 aliphatic heterocycles. The first kappa shape index (κ1) is 14.2. The molecule has 1 nitrogen and oxygen atoms in total. The maximum atomic E-state index is 9.06. The molecule has 0 saturated heterocycles. The van der Waals surface area contributed by atoms with Crippen molar-refractivity contribution in [2.45, 2.75) is 19.6 Å². The molecule has 0 saturated carbocycles. The van der Waals surface area contributed by atoms with Gasteiger partial charge in [-0.15, -0.1) is 0 Å². The summed E-state index contributed by atoms with van der Waals surface area (Å²) >= 11 is 5.86. The summed E-state index contributed by atoms with van der Waals surface area (Å²) in [6, 6.07) is 7.67. The number of rotatable bonds is 4. The number of halogens is 1. The van der Waals surface area contributed by atoms with Gasteiger partial charge in [-0.1, -0.05) is 61.2 Å². The molecule has 0 radical (unpaired) electrons. The van der Waals surface area contributed by atoms with Gasteiger partial charge in [0, 0.05) is 5.02 Å². The third-order valence-corrected chi connectivity index (χ3v) is 3.67. The topological polar surface area (TPSA) is 20.2 Å². The molecule has 0 heterocycles. The van der Waals surface area contributed by atoms with Crippen molar-refractivity contribution >= 4 is 25.2 Å². The van der Waals surface area contributed by atoms with E-state index in [1.54, 1.807) is 0 Å². The summed E-state index contributed by atoms with van der Waals surface area (Å²) in [4.78, 5) is 0. The van der Waals surface area contributed by atoms with Crippen LogP contribution in [0.3, 0.4) is 0 Å². The molecular weight excluding hydrogens is 248 g/mol. The number of allylic oxidation sites excluding steroid dienone is 2. The van der Waals surface area contributed by atoms with Gasteiger partial charge in [-0.25, -0.2) is 0 Å². The summed E-state index contributed by atoms with van der Waals surface area (Å²) in [5, 5.41) is 9.79. The first-order valence-corrected chi connectivity index (χ1v) is 9.64.